The van der Waals surface area contributed by atoms with Crippen LogP contribution in [-0.4, -0.2) is 45.2 Å². The number of carbonyl (C=O) groups excluding carboxylic acids is 1. The maximum absolute atomic E-state index is 12.5. The topological polar surface area (TPSA) is 107 Å². The predicted octanol–water partition coefficient (Wildman–Crippen LogP) is 5.98. The van der Waals surface area contributed by atoms with E-state index in [4.69, 9.17) is 4.74 Å². The molecule has 0 radical (unpaired) electrons. The van der Waals surface area contributed by atoms with E-state index in [0.717, 1.165) is 56.9 Å². The van der Waals surface area contributed by atoms with Crippen LogP contribution in [0.2, 0.25) is 0 Å². The lowest BCUT2D eigenvalue weighted by molar-refractivity contribution is -0.225. The quantitative estimate of drug-likeness (QED) is 0.249. The summed E-state index contributed by atoms with van der Waals surface area (Å²) in [5, 5.41) is 41.2. The molecular formula is C33H50O6. The first-order chi connectivity index (χ1) is 18.4. The van der Waals surface area contributed by atoms with Gasteiger partial charge in [0.25, 0.3) is 0 Å². The van der Waals surface area contributed by atoms with Gasteiger partial charge in [0.2, 0.25) is 0 Å². The largest absolute Gasteiger partial charge is 0.504 e. The summed E-state index contributed by atoms with van der Waals surface area (Å²) < 4.78 is 5.50. The highest BCUT2D eigenvalue weighted by Gasteiger charge is 2.68. The lowest BCUT2D eigenvalue weighted by Crippen LogP contribution is -2.64. The van der Waals surface area contributed by atoms with Gasteiger partial charge in [0.05, 0.1) is 18.8 Å². The molecule has 0 spiro atoms. The SMILES string of the molecule is CC(CCC(=O)OCCc1ccc(O)c(O)c1)[C@H]1CC[C@@H]2[C@]1(C)CC[C@@H]1[C@@]3(C)CC[C@@H](O)C[C@H]3C[C@H](O)[C@]12C. The van der Waals surface area contributed by atoms with Gasteiger partial charge in [0.1, 0.15) is 0 Å². The van der Waals surface area contributed by atoms with Crippen LogP contribution in [-0.2, 0) is 16.0 Å². The number of aliphatic hydroxyl groups excluding tert-OH is 2. The Morgan fingerprint density at radius 1 is 0.974 bits per heavy atom. The summed E-state index contributed by atoms with van der Waals surface area (Å²) in [5.74, 6) is 1.87. The van der Waals surface area contributed by atoms with Gasteiger partial charge in [-0.25, -0.2) is 0 Å². The molecule has 1 aromatic carbocycles. The Bertz CT molecular complexity index is 1060. The third kappa shape index (κ3) is 4.88. The molecule has 1 aromatic rings. The molecule has 0 aromatic heterocycles. The van der Waals surface area contributed by atoms with E-state index in [9.17, 15) is 25.2 Å². The van der Waals surface area contributed by atoms with Crippen molar-refractivity contribution in [2.45, 2.75) is 111 Å². The summed E-state index contributed by atoms with van der Waals surface area (Å²) in [6.07, 6.45) is 9.49. The highest BCUT2D eigenvalue weighted by atomic mass is 16.5. The average molecular weight is 543 g/mol. The Labute approximate surface area is 234 Å². The van der Waals surface area contributed by atoms with E-state index < -0.39 is 0 Å². The highest BCUT2D eigenvalue weighted by molar-refractivity contribution is 5.69. The van der Waals surface area contributed by atoms with Crippen LogP contribution in [0.3, 0.4) is 0 Å². The van der Waals surface area contributed by atoms with Crippen LogP contribution >= 0.6 is 0 Å². The zero-order valence-corrected chi connectivity index (χ0v) is 24.4. The van der Waals surface area contributed by atoms with Gasteiger partial charge in [-0.05, 0) is 116 Å². The number of aromatic hydroxyl groups is 2. The molecule has 0 saturated heterocycles. The molecule has 0 heterocycles. The Hall–Kier alpha value is -1.79. The minimum atomic E-state index is -0.310. The summed E-state index contributed by atoms with van der Waals surface area (Å²) >= 11 is 0. The van der Waals surface area contributed by atoms with Crippen molar-refractivity contribution in [1.29, 1.82) is 0 Å². The number of carbonyl (C=O) groups is 1. The second kappa shape index (κ2) is 10.6. The lowest BCUT2D eigenvalue weighted by Gasteiger charge is -2.67. The van der Waals surface area contributed by atoms with Crippen molar-refractivity contribution >= 4 is 5.97 Å². The third-order valence-electron chi connectivity index (χ3n) is 12.6. The Morgan fingerprint density at radius 2 is 1.69 bits per heavy atom. The molecule has 39 heavy (non-hydrogen) atoms. The predicted molar refractivity (Wildman–Crippen MR) is 150 cm³/mol. The highest BCUT2D eigenvalue weighted by Crippen LogP contribution is 2.73. The molecule has 6 heteroatoms. The van der Waals surface area contributed by atoms with Crippen molar-refractivity contribution < 1.29 is 30.0 Å². The van der Waals surface area contributed by atoms with Gasteiger partial charge in [-0.3, -0.25) is 4.79 Å². The molecule has 218 valence electrons. The minimum absolute atomic E-state index is 0.0867. The zero-order chi connectivity index (χ0) is 28.2. The fraction of sp³-hybridized carbons (Fsp3) is 0.788. The number of aliphatic hydroxyl groups is 2. The fourth-order valence-corrected chi connectivity index (χ4v) is 10.5. The van der Waals surface area contributed by atoms with Crippen molar-refractivity contribution in [2.75, 3.05) is 6.61 Å². The van der Waals surface area contributed by atoms with E-state index >= 15 is 0 Å². The van der Waals surface area contributed by atoms with Crippen molar-refractivity contribution in [3.8, 4) is 11.5 Å². The summed E-state index contributed by atoms with van der Waals surface area (Å²) in [6, 6.07) is 4.67. The number of hydrogen-bond acceptors (Lipinski definition) is 6. The number of esters is 1. The number of fused-ring (bicyclic) bond motifs is 5. The van der Waals surface area contributed by atoms with Crippen LogP contribution in [0.5, 0.6) is 11.5 Å². The Kier molecular flexibility index (Phi) is 7.78. The van der Waals surface area contributed by atoms with Gasteiger partial charge in [-0.1, -0.05) is 33.8 Å². The van der Waals surface area contributed by atoms with Gasteiger partial charge in [-0.2, -0.15) is 0 Å². The molecule has 5 rings (SSSR count). The second-order valence-electron chi connectivity index (χ2n) is 14.4. The molecule has 4 saturated carbocycles. The van der Waals surface area contributed by atoms with Gasteiger partial charge in [0.15, 0.2) is 11.5 Å². The van der Waals surface area contributed by atoms with Crippen LogP contribution in [0.25, 0.3) is 0 Å². The van der Waals surface area contributed by atoms with Gasteiger partial charge in [0, 0.05) is 18.3 Å². The van der Waals surface area contributed by atoms with Gasteiger partial charge < -0.3 is 25.2 Å². The van der Waals surface area contributed by atoms with E-state index in [1.165, 1.54) is 18.6 Å². The number of benzene rings is 1. The zero-order valence-electron chi connectivity index (χ0n) is 24.4. The van der Waals surface area contributed by atoms with Crippen LogP contribution < -0.4 is 0 Å². The molecule has 10 atom stereocenters. The minimum Gasteiger partial charge on any atom is -0.504 e. The monoisotopic (exact) mass is 542 g/mol. The molecule has 4 aliphatic rings. The number of phenolic OH excluding ortho intramolecular Hbond substituents is 2. The fourth-order valence-electron chi connectivity index (χ4n) is 10.5. The van der Waals surface area contributed by atoms with Crippen LogP contribution in [0.15, 0.2) is 18.2 Å². The maximum atomic E-state index is 12.5. The third-order valence-corrected chi connectivity index (χ3v) is 12.6. The maximum Gasteiger partial charge on any atom is 0.305 e. The van der Waals surface area contributed by atoms with E-state index in [-0.39, 0.29) is 52.5 Å². The summed E-state index contributed by atoms with van der Waals surface area (Å²) in [5.41, 5.74) is 1.11. The van der Waals surface area contributed by atoms with Crippen LogP contribution in [0, 0.1) is 45.8 Å². The Morgan fingerprint density at radius 3 is 2.44 bits per heavy atom. The van der Waals surface area contributed by atoms with Crippen molar-refractivity contribution in [2.24, 2.45) is 45.8 Å². The number of rotatable bonds is 7. The first-order valence-corrected chi connectivity index (χ1v) is 15.4. The number of hydrogen-bond donors (Lipinski definition) is 4. The molecule has 0 aliphatic heterocycles. The normalized spacial score (nSPS) is 42.2. The molecule has 0 amide bonds. The molecule has 1 unspecified atom stereocenters. The molecule has 4 aliphatic carbocycles. The van der Waals surface area contributed by atoms with Gasteiger partial charge >= 0.3 is 5.97 Å². The lowest BCUT2D eigenvalue weighted by atomic mass is 9.38. The molecular weight excluding hydrogens is 492 g/mol. The number of ether oxygens (including phenoxy) is 1. The Balaban J connectivity index is 1.19. The second-order valence-corrected chi connectivity index (χ2v) is 14.4. The number of phenols is 2. The van der Waals surface area contributed by atoms with Crippen LogP contribution in [0.1, 0.15) is 97.5 Å². The first-order valence-electron chi connectivity index (χ1n) is 15.4. The van der Waals surface area contributed by atoms with Crippen molar-refractivity contribution in [3.63, 3.8) is 0 Å². The van der Waals surface area contributed by atoms with E-state index in [2.05, 4.69) is 27.7 Å². The summed E-state index contributed by atoms with van der Waals surface area (Å²) in [6.45, 7) is 9.90. The summed E-state index contributed by atoms with van der Waals surface area (Å²) in [7, 11) is 0. The van der Waals surface area contributed by atoms with Crippen molar-refractivity contribution in [1.82, 2.24) is 0 Å². The first kappa shape index (κ1) is 28.7. The molecule has 4 fully saturated rings. The molecule has 6 nitrogen and oxygen atoms in total. The van der Waals surface area contributed by atoms with E-state index in [0.29, 0.717) is 42.4 Å². The van der Waals surface area contributed by atoms with E-state index in [1.807, 2.05) is 0 Å². The smallest absolute Gasteiger partial charge is 0.305 e. The van der Waals surface area contributed by atoms with Gasteiger partial charge in [-0.15, -0.1) is 0 Å². The average Bonchev–Trinajstić information content (AvgIpc) is 3.25. The van der Waals surface area contributed by atoms with E-state index in [1.54, 1.807) is 6.07 Å². The summed E-state index contributed by atoms with van der Waals surface area (Å²) in [4.78, 5) is 12.5. The van der Waals surface area contributed by atoms with Crippen LogP contribution in [0.4, 0.5) is 0 Å². The van der Waals surface area contributed by atoms with Crippen molar-refractivity contribution in [3.05, 3.63) is 23.8 Å². The molecule has 4 N–H and O–H groups in total. The standard InChI is InChI=1S/C33H50O6/c1-20(5-10-30(38)39-16-13-21-6-8-25(35)26(36)17-21)24-7-9-27-32(24,3)15-12-28-31(2)14-11-23(34)18-22(31)19-29(37)33(27,28)4/h6,8,17,20,22-24,27-29,34-37H,5,7,9-16,18-19H2,1-4H3/t20?,22-,23+,24+,27+,28+,29-,31-,32+,33-/m0/s1. The molecule has 0 bridgehead atoms.